The maximum absolute atomic E-state index is 12.2. The first-order chi connectivity index (χ1) is 12.1. The van der Waals surface area contributed by atoms with Crippen LogP contribution >= 0.6 is 0 Å². The number of benzene rings is 2. The third-order valence-corrected chi connectivity index (χ3v) is 4.40. The summed E-state index contributed by atoms with van der Waals surface area (Å²) in [7, 11) is 0. The molecule has 5 nitrogen and oxygen atoms in total. The lowest BCUT2D eigenvalue weighted by Crippen LogP contribution is -2.41. The molecule has 1 aliphatic heterocycles. The van der Waals surface area contributed by atoms with Crippen molar-refractivity contribution in [1.29, 1.82) is 0 Å². The standard InChI is InChI=1S/C20H23N3O2/c21-18(13-15-6-2-1-3-7-15)20(25)22-14-16-8-4-9-17(12-16)23-11-5-10-19(23)24/h1-4,6-9,12,18H,5,10-11,13-14,21H2,(H,22,25). The molecule has 1 atom stereocenters. The molecule has 0 spiro atoms. The fraction of sp³-hybridized carbons (Fsp3) is 0.300. The van der Waals surface area contributed by atoms with Crippen molar-refractivity contribution in [3.8, 4) is 0 Å². The second-order valence-electron chi connectivity index (χ2n) is 6.33. The Bertz CT molecular complexity index is 746. The van der Waals surface area contributed by atoms with Gasteiger partial charge in [-0.3, -0.25) is 9.59 Å². The third-order valence-electron chi connectivity index (χ3n) is 4.40. The van der Waals surface area contributed by atoms with Gasteiger partial charge in [-0.1, -0.05) is 42.5 Å². The predicted molar refractivity (Wildman–Crippen MR) is 98.0 cm³/mol. The normalized spacial score (nSPS) is 15.2. The summed E-state index contributed by atoms with van der Waals surface area (Å²) < 4.78 is 0. The summed E-state index contributed by atoms with van der Waals surface area (Å²) in [5.74, 6) is -0.0161. The Hall–Kier alpha value is -2.66. The van der Waals surface area contributed by atoms with E-state index in [1.165, 1.54) is 0 Å². The number of nitrogens with one attached hydrogen (secondary N) is 1. The zero-order valence-corrected chi connectivity index (χ0v) is 14.2. The molecule has 0 bridgehead atoms. The zero-order valence-electron chi connectivity index (χ0n) is 14.2. The monoisotopic (exact) mass is 337 g/mol. The maximum atomic E-state index is 12.2. The largest absolute Gasteiger partial charge is 0.351 e. The molecule has 1 unspecified atom stereocenters. The first-order valence-corrected chi connectivity index (χ1v) is 8.60. The highest BCUT2D eigenvalue weighted by Gasteiger charge is 2.21. The van der Waals surface area contributed by atoms with Gasteiger partial charge in [0, 0.05) is 25.2 Å². The van der Waals surface area contributed by atoms with Crippen LogP contribution in [0.3, 0.4) is 0 Å². The number of rotatable bonds is 6. The first kappa shape index (κ1) is 17.2. The van der Waals surface area contributed by atoms with E-state index >= 15 is 0 Å². The maximum Gasteiger partial charge on any atom is 0.237 e. The van der Waals surface area contributed by atoms with Crippen LogP contribution in [0.2, 0.25) is 0 Å². The zero-order chi connectivity index (χ0) is 17.6. The van der Waals surface area contributed by atoms with E-state index in [0.717, 1.165) is 29.8 Å². The van der Waals surface area contributed by atoms with Crippen LogP contribution in [0.25, 0.3) is 0 Å². The fourth-order valence-electron chi connectivity index (χ4n) is 3.04. The van der Waals surface area contributed by atoms with Crippen molar-refractivity contribution in [2.24, 2.45) is 5.73 Å². The lowest BCUT2D eigenvalue weighted by atomic mass is 10.1. The van der Waals surface area contributed by atoms with Crippen molar-refractivity contribution >= 4 is 17.5 Å². The van der Waals surface area contributed by atoms with E-state index in [-0.39, 0.29) is 11.8 Å². The first-order valence-electron chi connectivity index (χ1n) is 8.60. The van der Waals surface area contributed by atoms with Gasteiger partial charge >= 0.3 is 0 Å². The Kier molecular flexibility index (Phi) is 5.46. The van der Waals surface area contributed by atoms with Crippen molar-refractivity contribution in [1.82, 2.24) is 5.32 Å². The lowest BCUT2D eigenvalue weighted by Gasteiger charge is -2.17. The number of anilines is 1. The SMILES string of the molecule is NC(Cc1ccccc1)C(=O)NCc1cccc(N2CCCC2=O)c1. The number of hydrogen-bond donors (Lipinski definition) is 2. The van der Waals surface area contributed by atoms with Crippen LogP contribution < -0.4 is 16.0 Å². The number of carbonyl (C=O) groups is 2. The Morgan fingerprint density at radius 1 is 1.12 bits per heavy atom. The number of carbonyl (C=O) groups excluding carboxylic acids is 2. The molecule has 25 heavy (non-hydrogen) atoms. The molecule has 0 saturated carbocycles. The number of nitrogens with two attached hydrogens (primary N) is 1. The van der Waals surface area contributed by atoms with Gasteiger partial charge in [0.1, 0.15) is 0 Å². The van der Waals surface area contributed by atoms with Gasteiger partial charge in [-0.25, -0.2) is 0 Å². The van der Waals surface area contributed by atoms with E-state index < -0.39 is 6.04 Å². The summed E-state index contributed by atoms with van der Waals surface area (Å²) >= 11 is 0. The molecular formula is C20H23N3O2. The molecule has 1 aliphatic rings. The van der Waals surface area contributed by atoms with Crippen LogP contribution in [0.5, 0.6) is 0 Å². The lowest BCUT2D eigenvalue weighted by molar-refractivity contribution is -0.122. The molecule has 0 aromatic heterocycles. The van der Waals surface area contributed by atoms with Gasteiger partial charge in [0.05, 0.1) is 6.04 Å². The molecule has 5 heteroatoms. The Labute approximate surface area is 147 Å². The summed E-state index contributed by atoms with van der Waals surface area (Å²) in [6.07, 6.45) is 2.01. The molecule has 3 N–H and O–H groups in total. The minimum absolute atomic E-state index is 0.158. The molecule has 0 aliphatic carbocycles. The van der Waals surface area contributed by atoms with E-state index in [1.54, 1.807) is 4.90 Å². The van der Waals surface area contributed by atoms with Gasteiger partial charge in [-0.15, -0.1) is 0 Å². The second kappa shape index (κ2) is 7.94. The van der Waals surface area contributed by atoms with Crippen LogP contribution in [0, 0.1) is 0 Å². The quantitative estimate of drug-likeness (QED) is 0.846. The van der Waals surface area contributed by atoms with E-state index in [1.807, 2.05) is 54.6 Å². The van der Waals surface area contributed by atoms with Gasteiger partial charge in [0.2, 0.25) is 11.8 Å². The summed E-state index contributed by atoms with van der Waals surface area (Å²) in [6.45, 7) is 1.16. The molecule has 2 aromatic rings. The Balaban J connectivity index is 1.56. The average molecular weight is 337 g/mol. The molecule has 130 valence electrons. The third kappa shape index (κ3) is 4.45. The number of amides is 2. The van der Waals surface area contributed by atoms with E-state index in [4.69, 9.17) is 5.73 Å². The van der Waals surface area contributed by atoms with Gasteiger partial charge in [0.15, 0.2) is 0 Å². The topological polar surface area (TPSA) is 75.4 Å². The minimum atomic E-state index is -0.578. The van der Waals surface area contributed by atoms with Gasteiger partial charge in [-0.2, -0.15) is 0 Å². The number of hydrogen-bond acceptors (Lipinski definition) is 3. The number of nitrogens with zero attached hydrogens (tertiary/aromatic N) is 1. The highest BCUT2D eigenvalue weighted by Crippen LogP contribution is 2.22. The van der Waals surface area contributed by atoms with Gasteiger partial charge in [0.25, 0.3) is 0 Å². The second-order valence-corrected chi connectivity index (χ2v) is 6.33. The van der Waals surface area contributed by atoms with E-state index in [0.29, 0.717) is 19.4 Å². The summed E-state index contributed by atoms with van der Waals surface area (Å²) in [5, 5.41) is 2.88. The average Bonchev–Trinajstić information content (AvgIpc) is 3.07. The van der Waals surface area contributed by atoms with E-state index in [2.05, 4.69) is 5.32 Å². The summed E-state index contributed by atoms with van der Waals surface area (Å²) in [5.41, 5.74) is 8.88. The highest BCUT2D eigenvalue weighted by molar-refractivity contribution is 5.95. The van der Waals surface area contributed by atoms with Crippen molar-refractivity contribution in [3.05, 3.63) is 65.7 Å². The van der Waals surface area contributed by atoms with Crippen LogP contribution in [0.4, 0.5) is 5.69 Å². The van der Waals surface area contributed by atoms with Crippen LogP contribution in [-0.4, -0.2) is 24.4 Å². The summed E-state index contributed by atoms with van der Waals surface area (Å²) in [4.78, 5) is 25.9. The van der Waals surface area contributed by atoms with Crippen molar-refractivity contribution in [2.75, 3.05) is 11.4 Å². The smallest absolute Gasteiger partial charge is 0.237 e. The van der Waals surface area contributed by atoms with Crippen LogP contribution in [0.15, 0.2) is 54.6 Å². The van der Waals surface area contributed by atoms with E-state index in [9.17, 15) is 9.59 Å². The molecule has 1 heterocycles. The molecule has 2 amide bonds. The van der Waals surface area contributed by atoms with Gasteiger partial charge in [-0.05, 0) is 36.1 Å². The molecule has 1 fully saturated rings. The minimum Gasteiger partial charge on any atom is -0.351 e. The highest BCUT2D eigenvalue weighted by atomic mass is 16.2. The molecule has 3 rings (SSSR count). The fourth-order valence-corrected chi connectivity index (χ4v) is 3.04. The van der Waals surface area contributed by atoms with Crippen molar-refractivity contribution in [3.63, 3.8) is 0 Å². The molecule has 1 saturated heterocycles. The molecule has 2 aromatic carbocycles. The predicted octanol–water partition coefficient (Wildman–Crippen LogP) is 2.00. The summed E-state index contributed by atoms with van der Waals surface area (Å²) in [6, 6.07) is 16.9. The van der Waals surface area contributed by atoms with Gasteiger partial charge < -0.3 is 16.0 Å². The van der Waals surface area contributed by atoms with Crippen LogP contribution in [0.1, 0.15) is 24.0 Å². The van der Waals surface area contributed by atoms with Crippen molar-refractivity contribution in [2.45, 2.75) is 31.8 Å². The Morgan fingerprint density at radius 2 is 1.88 bits per heavy atom. The Morgan fingerprint density at radius 3 is 2.60 bits per heavy atom. The van der Waals surface area contributed by atoms with Crippen molar-refractivity contribution < 1.29 is 9.59 Å². The molecular weight excluding hydrogens is 314 g/mol. The molecule has 0 radical (unpaired) electrons. The van der Waals surface area contributed by atoms with Crippen LogP contribution in [-0.2, 0) is 22.6 Å².